The van der Waals surface area contributed by atoms with Gasteiger partial charge in [-0.25, -0.2) is 17.5 Å². The molecule has 2 aliphatic rings. The third-order valence-corrected chi connectivity index (χ3v) is 10.0. The van der Waals surface area contributed by atoms with Crippen LogP contribution in [0.5, 0.6) is 0 Å². The molecule has 0 atom stereocenters. The lowest BCUT2D eigenvalue weighted by Crippen LogP contribution is -2.42. The van der Waals surface area contributed by atoms with Crippen LogP contribution < -0.4 is 4.90 Å². The molecule has 4 aromatic rings. The SMILES string of the molecule is CCCn1cc(S(=O)(=O)N2CCC3(CCN(c4cc5cnn(-c6ccc(F)cc6)c5cc4C)CC3)C2)cn1. The van der Waals surface area contributed by atoms with E-state index in [-0.39, 0.29) is 11.2 Å². The van der Waals surface area contributed by atoms with E-state index >= 15 is 0 Å². The summed E-state index contributed by atoms with van der Waals surface area (Å²) in [5, 5.41) is 9.82. The molecule has 0 aliphatic carbocycles. The minimum atomic E-state index is -3.52. The molecule has 8 nitrogen and oxygen atoms in total. The molecule has 0 amide bonds. The van der Waals surface area contributed by atoms with Gasteiger partial charge in [0, 0.05) is 50.0 Å². The summed E-state index contributed by atoms with van der Waals surface area (Å²) in [6, 6.07) is 10.7. The van der Waals surface area contributed by atoms with Crippen molar-refractivity contribution in [3.05, 3.63) is 66.4 Å². The fourth-order valence-electron chi connectivity index (χ4n) is 6.00. The van der Waals surface area contributed by atoms with Crippen molar-refractivity contribution in [3.8, 4) is 5.69 Å². The second-order valence-corrected chi connectivity index (χ2v) is 12.7. The molecule has 10 heteroatoms. The highest BCUT2D eigenvalue weighted by Crippen LogP contribution is 2.43. The zero-order valence-electron chi connectivity index (χ0n) is 21.8. The number of piperidine rings is 1. The van der Waals surface area contributed by atoms with Crippen LogP contribution in [0, 0.1) is 18.2 Å². The Morgan fingerprint density at radius 1 is 1.00 bits per heavy atom. The van der Waals surface area contributed by atoms with Crippen molar-refractivity contribution in [3.63, 3.8) is 0 Å². The summed E-state index contributed by atoms with van der Waals surface area (Å²) in [6.07, 6.45) is 8.72. The molecule has 200 valence electrons. The third-order valence-electron chi connectivity index (χ3n) is 8.23. The average Bonchev–Trinajstić information content (AvgIpc) is 3.65. The molecule has 2 fully saturated rings. The number of sulfonamides is 1. The molecule has 2 aromatic heterocycles. The first-order valence-electron chi connectivity index (χ1n) is 13.3. The number of fused-ring (bicyclic) bond motifs is 1. The van der Waals surface area contributed by atoms with Crippen LogP contribution in [0.3, 0.4) is 0 Å². The molecular formula is C28H33FN6O2S. The van der Waals surface area contributed by atoms with Crippen molar-refractivity contribution in [2.75, 3.05) is 31.1 Å². The highest BCUT2D eigenvalue weighted by atomic mass is 32.2. The molecule has 38 heavy (non-hydrogen) atoms. The Morgan fingerprint density at radius 2 is 1.74 bits per heavy atom. The molecule has 2 aromatic carbocycles. The van der Waals surface area contributed by atoms with Crippen molar-refractivity contribution < 1.29 is 12.8 Å². The van der Waals surface area contributed by atoms with Crippen LogP contribution in [0.2, 0.25) is 0 Å². The zero-order chi connectivity index (χ0) is 26.5. The fraction of sp³-hybridized carbons (Fsp3) is 0.429. The van der Waals surface area contributed by atoms with E-state index in [4.69, 9.17) is 0 Å². The number of aromatic nitrogens is 4. The minimum absolute atomic E-state index is 0.0223. The van der Waals surface area contributed by atoms with Crippen molar-refractivity contribution >= 4 is 26.6 Å². The van der Waals surface area contributed by atoms with Crippen LogP contribution in [0.25, 0.3) is 16.6 Å². The summed E-state index contributed by atoms with van der Waals surface area (Å²) in [5.74, 6) is -0.266. The van der Waals surface area contributed by atoms with Gasteiger partial charge in [-0.15, -0.1) is 0 Å². The number of anilines is 1. The van der Waals surface area contributed by atoms with Crippen molar-refractivity contribution in [2.45, 2.75) is 51.0 Å². The maximum Gasteiger partial charge on any atom is 0.246 e. The second-order valence-electron chi connectivity index (χ2n) is 10.7. The van der Waals surface area contributed by atoms with Gasteiger partial charge in [-0.3, -0.25) is 4.68 Å². The lowest BCUT2D eigenvalue weighted by Gasteiger charge is -2.41. The van der Waals surface area contributed by atoms with Gasteiger partial charge in [-0.05, 0) is 80.0 Å². The van der Waals surface area contributed by atoms with Gasteiger partial charge < -0.3 is 4.90 Å². The van der Waals surface area contributed by atoms with Crippen LogP contribution in [0.4, 0.5) is 10.1 Å². The number of benzene rings is 2. The standard InChI is InChI=1S/C28H33FN6O2S/c1-3-11-33-19-25(18-30-33)38(36,37)34-14-10-28(20-34)8-12-32(13-9-28)26-16-22-17-31-35(27(22)15-21(26)2)24-6-4-23(29)5-7-24/h4-7,15-19H,3,8-14,20H2,1-2H3. The topological polar surface area (TPSA) is 76.3 Å². The van der Waals surface area contributed by atoms with Gasteiger partial charge >= 0.3 is 0 Å². The van der Waals surface area contributed by atoms with Crippen LogP contribution in [0.1, 0.15) is 38.2 Å². The van der Waals surface area contributed by atoms with Crippen molar-refractivity contribution in [1.82, 2.24) is 23.9 Å². The summed E-state index contributed by atoms with van der Waals surface area (Å²) in [7, 11) is -3.52. The lowest BCUT2D eigenvalue weighted by molar-refractivity contribution is 0.234. The van der Waals surface area contributed by atoms with Gasteiger partial charge in [0.05, 0.1) is 23.6 Å². The first-order chi connectivity index (χ1) is 18.3. The highest BCUT2D eigenvalue weighted by molar-refractivity contribution is 7.89. The molecule has 4 heterocycles. The Kier molecular flexibility index (Phi) is 6.26. The monoisotopic (exact) mass is 536 g/mol. The van der Waals surface area contributed by atoms with E-state index in [0.29, 0.717) is 24.5 Å². The average molecular weight is 537 g/mol. The van der Waals surface area contributed by atoms with Gasteiger partial charge in [0.2, 0.25) is 10.0 Å². The number of hydrogen-bond donors (Lipinski definition) is 0. The van der Waals surface area contributed by atoms with Gasteiger partial charge in [0.15, 0.2) is 0 Å². The van der Waals surface area contributed by atoms with Crippen molar-refractivity contribution in [1.29, 1.82) is 0 Å². The maximum atomic E-state index is 13.4. The van der Waals surface area contributed by atoms with Gasteiger partial charge in [0.25, 0.3) is 0 Å². The maximum absolute atomic E-state index is 13.4. The van der Waals surface area contributed by atoms with Crippen molar-refractivity contribution in [2.24, 2.45) is 5.41 Å². The molecule has 6 rings (SSSR count). The number of aryl methyl sites for hydroxylation is 2. The van der Waals surface area contributed by atoms with E-state index < -0.39 is 10.0 Å². The van der Waals surface area contributed by atoms with Crippen LogP contribution >= 0.6 is 0 Å². The Labute approximate surface area is 222 Å². The van der Waals surface area contributed by atoms with Gasteiger partial charge in [-0.2, -0.15) is 14.5 Å². The summed E-state index contributed by atoms with van der Waals surface area (Å²) < 4.78 is 45.2. The molecule has 0 saturated carbocycles. The summed E-state index contributed by atoms with van der Waals surface area (Å²) in [5.41, 5.74) is 4.19. The zero-order valence-corrected chi connectivity index (χ0v) is 22.7. The first-order valence-corrected chi connectivity index (χ1v) is 14.7. The third kappa shape index (κ3) is 4.39. The van der Waals surface area contributed by atoms with Crippen LogP contribution in [-0.2, 0) is 16.6 Å². The molecule has 0 N–H and O–H groups in total. The molecule has 1 spiro atoms. The van der Waals surface area contributed by atoms with Crippen LogP contribution in [0.15, 0.2) is 59.9 Å². The van der Waals surface area contributed by atoms with E-state index in [1.807, 2.05) is 17.8 Å². The Balaban J connectivity index is 1.16. The first kappa shape index (κ1) is 25.1. The Bertz CT molecular complexity index is 1570. The van der Waals surface area contributed by atoms with E-state index in [1.165, 1.54) is 24.0 Å². The minimum Gasteiger partial charge on any atom is -0.371 e. The summed E-state index contributed by atoms with van der Waals surface area (Å²) >= 11 is 0. The van der Waals surface area contributed by atoms with E-state index in [9.17, 15) is 12.8 Å². The largest absolute Gasteiger partial charge is 0.371 e. The molecule has 2 aliphatic heterocycles. The molecular weight excluding hydrogens is 503 g/mol. The van der Waals surface area contributed by atoms with E-state index in [0.717, 1.165) is 60.9 Å². The Morgan fingerprint density at radius 3 is 2.47 bits per heavy atom. The van der Waals surface area contributed by atoms with Crippen LogP contribution in [-0.4, -0.2) is 58.5 Å². The van der Waals surface area contributed by atoms with E-state index in [2.05, 4.69) is 34.2 Å². The second kappa shape index (κ2) is 9.50. The fourth-order valence-corrected chi connectivity index (χ4v) is 7.51. The summed E-state index contributed by atoms with van der Waals surface area (Å²) in [4.78, 5) is 2.71. The molecule has 0 bridgehead atoms. The number of rotatable bonds is 6. The van der Waals surface area contributed by atoms with E-state index in [1.54, 1.807) is 27.3 Å². The van der Waals surface area contributed by atoms with Gasteiger partial charge in [0.1, 0.15) is 10.7 Å². The molecule has 0 radical (unpaired) electrons. The molecule has 2 saturated heterocycles. The summed E-state index contributed by atoms with van der Waals surface area (Å²) in [6.45, 7) is 7.80. The predicted molar refractivity (Wildman–Crippen MR) is 146 cm³/mol. The smallest absolute Gasteiger partial charge is 0.246 e. The number of nitrogens with zero attached hydrogens (tertiary/aromatic N) is 6. The normalized spacial score (nSPS) is 18.1. The lowest BCUT2D eigenvalue weighted by atomic mass is 9.77. The Hall–Kier alpha value is -3.24. The van der Waals surface area contributed by atoms with Gasteiger partial charge in [-0.1, -0.05) is 6.92 Å². The number of hydrogen-bond acceptors (Lipinski definition) is 5. The quantitative estimate of drug-likeness (QED) is 0.355. The molecule has 0 unspecified atom stereocenters. The highest BCUT2D eigenvalue weighted by Gasteiger charge is 2.45. The predicted octanol–water partition coefficient (Wildman–Crippen LogP) is 4.76. The number of halogens is 1.